The van der Waals surface area contributed by atoms with Crippen LogP contribution in [-0.4, -0.2) is 38.7 Å². The molecule has 2 rings (SSSR count). The number of rotatable bonds is 7. The number of benzene rings is 2. The van der Waals surface area contributed by atoms with Crippen LogP contribution in [-0.2, 0) is 14.8 Å². The number of amides is 1. The van der Waals surface area contributed by atoms with Crippen LogP contribution in [0, 0.1) is 17.0 Å². The van der Waals surface area contributed by atoms with Crippen LogP contribution in [0.3, 0.4) is 0 Å². The third-order valence-corrected chi connectivity index (χ3v) is 5.69. The van der Waals surface area contributed by atoms with Crippen molar-refractivity contribution >= 4 is 44.6 Å². The second-order valence-corrected chi connectivity index (χ2v) is 8.54. The van der Waals surface area contributed by atoms with Gasteiger partial charge in [0, 0.05) is 11.1 Å². The normalized spacial score (nSPS) is 12.2. The molecule has 0 aliphatic heterocycles. The van der Waals surface area contributed by atoms with Crippen LogP contribution < -0.4 is 14.4 Å². The van der Waals surface area contributed by atoms with Crippen LogP contribution in [0.15, 0.2) is 36.4 Å². The van der Waals surface area contributed by atoms with Crippen LogP contribution in [0.25, 0.3) is 0 Å². The summed E-state index contributed by atoms with van der Waals surface area (Å²) in [7, 11) is -2.54. The molecule has 0 saturated carbocycles. The third kappa shape index (κ3) is 4.96. The Labute approximate surface area is 173 Å². The molecule has 1 N–H and O–H groups in total. The number of carbonyl (C=O) groups excluding carboxylic acids is 1. The zero-order chi connectivity index (χ0) is 21.9. The number of ether oxygens (including phenoxy) is 1. The molecule has 0 saturated heterocycles. The molecule has 0 spiro atoms. The Kier molecular flexibility index (Phi) is 6.70. The molecule has 0 fully saturated rings. The quantitative estimate of drug-likeness (QED) is 0.519. The predicted octanol–water partition coefficient (Wildman–Crippen LogP) is 3.36. The summed E-state index contributed by atoms with van der Waals surface area (Å²) in [6, 6.07) is 7.44. The number of halogens is 1. The van der Waals surface area contributed by atoms with E-state index in [0.29, 0.717) is 0 Å². The van der Waals surface area contributed by atoms with E-state index in [1.807, 2.05) is 0 Å². The average molecular weight is 442 g/mol. The number of nitrogens with one attached hydrogen (secondary N) is 1. The van der Waals surface area contributed by atoms with E-state index in [4.69, 9.17) is 16.3 Å². The van der Waals surface area contributed by atoms with Gasteiger partial charge in [0.1, 0.15) is 11.8 Å². The van der Waals surface area contributed by atoms with Crippen molar-refractivity contribution in [1.29, 1.82) is 0 Å². The lowest BCUT2D eigenvalue weighted by atomic mass is 10.1. The third-order valence-electron chi connectivity index (χ3n) is 4.23. The van der Waals surface area contributed by atoms with Crippen molar-refractivity contribution in [3.63, 3.8) is 0 Å². The lowest BCUT2D eigenvalue weighted by Crippen LogP contribution is -2.45. The van der Waals surface area contributed by atoms with Gasteiger partial charge in [0.15, 0.2) is 0 Å². The Balaban J connectivity index is 2.45. The molecule has 0 aliphatic carbocycles. The summed E-state index contributed by atoms with van der Waals surface area (Å²) in [6.07, 6.45) is 0.954. The fourth-order valence-electron chi connectivity index (χ4n) is 2.81. The molecule has 0 radical (unpaired) electrons. The Morgan fingerprint density at radius 3 is 2.52 bits per heavy atom. The van der Waals surface area contributed by atoms with Gasteiger partial charge in [-0.15, -0.1) is 0 Å². The van der Waals surface area contributed by atoms with Gasteiger partial charge in [-0.2, -0.15) is 0 Å². The maximum atomic E-state index is 12.8. The number of nitro groups is 1. The topological polar surface area (TPSA) is 119 Å². The molecule has 0 unspecified atom stereocenters. The number of methoxy groups -OCH3 is 1. The average Bonchev–Trinajstić information content (AvgIpc) is 2.62. The summed E-state index contributed by atoms with van der Waals surface area (Å²) < 4.78 is 31.1. The monoisotopic (exact) mass is 441 g/mol. The molecule has 156 valence electrons. The summed E-state index contributed by atoms with van der Waals surface area (Å²) in [5.41, 5.74) is 0.402. The van der Waals surface area contributed by atoms with Gasteiger partial charge >= 0.3 is 0 Å². The van der Waals surface area contributed by atoms with E-state index in [1.165, 1.54) is 57.4 Å². The predicted molar refractivity (Wildman–Crippen MR) is 111 cm³/mol. The standard InChI is InChI=1S/C18H20ClN3O6S/c1-11-14(6-5-7-15(11)22(24)25)20-18(23)12(2)21(29(4,26)27)16-10-13(19)8-9-17(16)28-3/h5-10,12H,1-4H3,(H,20,23)/t12-/m0/s1. The van der Waals surface area contributed by atoms with Crippen LogP contribution >= 0.6 is 11.6 Å². The van der Waals surface area contributed by atoms with Crippen molar-refractivity contribution in [3.8, 4) is 5.75 Å². The molecule has 1 amide bonds. The van der Waals surface area contributed by atoms with Gasteiger partial charge in [-0.3, -0.25) is 19.2 Å². The molecule has 0 bridgehead atoms. The number of carbonyl (C=O) groups is 1. The number of hydrogen-bond donors (Lipinski definition) is 1. The number of hydrogen-bond acceptors (Lipinski definition) is 6. The zero-order valence-electron chi connectivity index (χ0n) is 16.2. The van der Waals surface area contributed by atoms with E-state index in [1.54, 1.807) is 0 Å². The highest BCUT2D eigenvalue weighted by Crippen LogP contribution is 2.34. The molecule has 29 heavy (non-hydrogen) atoms. The first-order valence-corrected chi connectivity index (χ1v) is 10.6. The number of sulfonamides is 1. The minimum absolute atomic E-state index is 0.0981. The van der Waals surface area contributed by atoms with Crippen LogP contribution in [0.2, 0.25) is 5.02 Å². The van der Waals surface area contributed by atoms with E-state index >= 15 is 0 Å². The van der Waals surface area contributed by atoms with Crippen LogP contribution in [0.1, 0.15) is 12.5 Å². The smallest absolute Gasteiger partial charge is 0.274 e. The Bertz CT molecular complexity index is 1060. The molecule has 0 aliphatic rings. The van der Waals surface area contributed by atoms with Gasteiger partial charge in [-0.1, -0.05) is 17.7 Å². The molecule has 2 aromatic rings. The second-order valence-electron chi connectivity index (χ2n) is 6.25. The van der Waals surface area contributed by atoms with Crippen molar-refractivity contribution in [2.75, 3.05) is 23.0 Å². The highest BCUT2D eigenvalue weighted by atomic mass is 35.5. The minimum atomic E-state index is -3.91. The van der Waals surface area contributed by atoms with Crippen molar-refractivity contribution < 1.29 is 22.9 Å². The fourth-order valence-corrected chi connectivity index (χ4v) is 4.15. The Morgan fingerprint density at radius 2 is 1.97 bits per heavy atom. The van der Waals surface area contributed by atoms with Crippen LogP contribution in [0.5, 0.6) is 5.75 Å². The molecular formula is C18H20ClN3O6S. The van der Waals surface area contributed by atoms with Crippen molar-refractivity contribution in [2.24, 2.45) is 0 Å². The first kappa shape index (κ1) is 22.4. The zero-order valence-corrected chi connectivity index (χ0v) is 17.7. The minimum Gasteiger partial charge on any atom is -0.495 e. The highest BCUT2D eigenvalue weighted by molar-refractivity contribution is 7.92. The lowest BCUT2D eigenvalue weighted by molar-refractivity contribution is -0.385. The number of nitrogens with zero attached hydrogens (tertiary/aromatic N) is 2. The highest BCUT2D eigenvalue weighted by Gasteiger charge is 2.32. The SMILES string of the molecule is COc1ccc(Cl)cc1N([C@@H](C)C(=O)Nc1cccc([N+](=O)[O-])c1C)S(C)(=O)=O. The van der Waals surface area contributed by atoms with Gasteiger partial charge in [0.25, 0.3) is 5.69 Å². The summed E-state index contributed by atoms with van der Waals surface area (Å²) >= 11 is 6.01. The molecule has 0 aromatic heterocycles. The van der Waals surface area contributed by atoms with Gasteiger partial charge in [0.05, 0.1) is 35.2 Å². The molecule has 2 aromatic carbocycles. The molecule has 9 nitrogen and oxygen atoms in total. The maximum Gasteiger partial charge on any atom is 0.274 e. The van der Waals surface area contributed by atoms with E-state index in [9.17, 15) is 23.3 Å². The van der Waals surface area contributed by atoms with E-state index in [-0.39, 0.29) is 33.4 Å². The molecule has 1 atom stereocenters. The van der Waals surface area contributed by atoms with E-state index in [2.05, 4.69) is 5.32 Å². The number of anilines is 2. The first-order chi connectivity index (χ1) is 13.5. The van der Waals surface area contributed by atoms with Gasteiger partial charge in [0.2, 0.25) is 15.9 Å². The first-order valence-electron chi connectivity index (χ1n) is 8.35. The fraction of sp³-hybridized carbons (Fsp3) is 0.278. The summed E-state index contributed by atoms with van der Waals surface area (Å²) in [5.74, 6) is -0.466. The lowest BCUT2D eigenvalue weighted by Gasteiger charge is -2.29. The van der Waals surface area contributed by atoms with Gasteiger partial charge in [-0.05, 0) is 38.1 Å². The maximum absolute atomic E-state index is 12.8. The van der Waals surface area contributed by atoms with E-state index < -0.39 is 26.9 Å². The van der Waals surface area contributed by atoms with Crippen LogP contribution in [0.4, 0.5) is 17.1 Å². The molecule has 0 heterocycles. The van der Waals surface area contributed by atoms with Gasteiger partial charge < -0.3 is 10.1 Å². The van der Waals surface area contributed by atoms with E-state index in [0.717, 1.165) is 10.6 Å². The summed E-state index contributed by atoms with van der Waals surface area (Å²) in [6.45, 7) is 2.89. The summed E-state index contributed by atoms with van der Waals surface area (Å²) in [5, 5.41) is 13.9. The Hall–Kier alpha value is -2.85. The largest absolute Gasteiger partial charge is 0.495 e. The van der Waals surface area contributed by atoms with Gasteiger partial charge in [-0.25, -0.2) is 8.42 Å². The number of nitro benzene ring substituents is 1. The van der Waals surface area contributed by atoms with Crippen molar-refractivity contribution in [3.05, 3.63) is 57.1 Å². The second kappa shape index (κ2) is 8.66. The molecule has 11 heteroatoms. The van der Waals surface area contributed by atoms with Crippen molar-refractivity contribution in [1.82, 2.24) is 0 Å². The van der Waals surface area contributed by atoms with Crippen molar-refractivity contribution in [2.45, 2.75) is 19.9 Å². The summed E-state index contributed by atoms with van der Waals surface area (Å²) in [4.78, 5) is 23.4. The Morgan fingerprint density at radius 1 is 1.31 bits per heavy atom. The molecular weight excluding hydrogens is 422 g/mol.